The molecule has 3 aliphatic rings. The Balaban J connectivity index is 1.75. The number of rotatable bonds is 49. The number of aliphatic carboxylic acids is 3. The molecule has 3 aliphatic heterocycles. The number of fused-ring (bicyclic) bond motifs is 23. The number of hydrogen-bond donors (Lipinski definition) is 25. The summed E-state index contributed by atoms with van der Waals surface area (Å²) in [5.74, 6) is -23.9. The number of amides is 19. The minimum absolute atomic E-state index is 0.0124. The minimum Gasteiger partial charge on any atom is -0.481 e. The molecule has 29 N–H and O–H groups in total. The van der Waals surface area contributed by atoms with Crippen LogP contribution in [0.4, 0.5) is 0 Å². The quantitative estimate of drug-likeness (QED) is 0.00967. The molecule has 5 rings (SSSR count). The molecule has 16 atom stereocenters. The molecule has 19 amide bonds. The number of guanidine groups is 1. The molecule has 0 unspecified atom stereocenters. The number of aromatic amines is 1. The predicted octanol–water partition coefficient (Wildman–Crippen LogP) is -5.34. The van der Waals surface area contributed by atoms with Gasteiger partial charge in [-0.05, 0) is 142 Å². The minimum atomic E-state index is -2.08. The van der Waals surface area contributed by atoms with E-state index in [0.717, 1.165) is 23.6 Å². The van der Waals surface area contributed by atoms with Crippen LogP contribution in [0.3, 0.4) is 0 Å². The van der Waals surface area contributed by atoms with Crippen LogP contribution in [0, 0.1) is 40.3 Å². The zero-order chi connectivity index (χ0) is 103. The van der Waals surface area contributed by atoms with Crippen LogP contribution in [0.5, 0.6) is 0 Å². The Morgan fingerprint density at radius 2 is 1.14 bits per heavy atom. The van der Waals surface area contributed by atoms with E-state index in [2.05, 4.69) is 106 Å². The third-order valence-electron chi connectivity index (χ3n) is 22.1. The van der Waals surface area contributed by atoms with E-state index < -0.39 is 314 Å². The maximum Gasteiger partial charge on any atom is 0.305 e. The van der Waals surface area contributed by atoms with Gasteiger partial charge in [0.15, 0.2) is 5.96 Å². The molecule has 762 valence electrons. The maximum absolute atomic E-state index is 15.1. The predicted molar refractivity (Wildman–Crippen MR) is 500 cm³/mol. The molecule has 1 aromatic heterocycles. The zero-order valence-electron chi connectivity index (χ0n) is 78.7. The fraction of sp³-hybridized carbons (Fsp3) is 0.609. The van der Waals surface area contributed by atoms with Crippen molar-refractivity contribution < 1.29 is 121 Å². The van der Waals surface area contributed by atoms with Crippen molar-refractivity contribution in [3.63, 3.8) is 0 Å². The fourth-order valence-electron chi connectivity index (χ4n) is 14.4. The van der Waals surface area contributed by atoms with Crippen molar-refractivity contribution in [2.45, 2.75) is 275 Å². The first-order chi connectivity index (χ1) is 65.0. The van der Waals surface area contributed by atoms with E-state index in [4.69, 9.17) is 28.3 Å². The Bertz CT molecular complexity index is 4710. The summed E-state index contributed by atoms with van der Waals surface area (Å²) in [6, 6.07) is -18.6. The monoisotopic (exact) mass is 1980 g/mol. The molecule has 0 aliphatic carbocycles. The highest BCUT2D eigenvalue weighted by molar-refractivity contribution is 8.03. The lowest BCUT2D eigenvalue weighted by molar-refractivity contribution is -0.144. The van der Waals surface area contributed by atoms with Gasteiger partial charge in [0.25, 0.3) is 5.91 Å². The van der Waals surface area contributed by atoms with E-state index in [1.807, 2.05) is 0 Å². The number of carboxylic acids is 3. The highest BCUT2D eigenvalue weighted by atomic mass is 32.2. The van der Waals surface area contributed by atoms with E-state index in [9.17, 15) is 116 Å². The highest BCUT2D eigenvalue weighted by Gasteiger charge is 2.44. The van der Waals surface area contributed by atoms with Crippen LogP contribution in [-0.2, 0) is 107 Å². The number of H-pyrrole nitrogens is 1. The van der Waals surface area contributed by atoms with Crippen molar-refractivity contribution in [1.29, 1.82) is 5.41 Å². The third-order valence-corrected chi connectivity index (χ3v) is 23.4. The largest absolute Gasteiger partial charge is 0.481 e. The number of aromatic nitrogens is 2. The standard InChI is InChI=1S/C87H132N24O25S2/c1-11-46(8)70-85(135)105-57(36-43(2)3)78(128)104-59(39-67(119)120)79(129)100-52(73(123)103-58(37-50-40-93-42-96-50)80(130)109-69(45(6)7)84(134)102-55(23-26-63(88)113)75(125)99-53(17-14-32-95-87(91)92)77(127)108-68(44(4)5)83(133)98-51(71(90)121)30-34-137-10)16-12-13-31-94-72(122)49-21-19-48(20-22-49)29-35-138-41-61(81(131)110-70)107-76(126)56(25-28-66(117)118)101-82(132)62-18-15-33-111(62)86(136)60(38-64(89)114)106-74(124)54(97-47(9)112)24-27-65(115)116/h19-22,40,42-46,51-62,68-70H,11-18,23-28,30-34,36-39,41H2,1-10H3,(H2,88,113)(H2,89,114)(H2,90,121)(H,93,96)(H,94,122)(H,97,112)(H,98,133)(H,99,125)(H,100,129)(H,101,132)(H,102,134)(H,103,123)(H,104,128)(H,105,135)(H,106,124)(H,107,126)(H,108,127)(H,109,130)(H,110,131)(H,115,116)(H,117,118)(H,119,120)(H4,91,92,95)/t46-,51-,52-,53-,54-,55-,56-,57-,58-,59-,60-,61-,62-,68-,69-,70-/m0/s1. The second-order valence-electron chi connectivity index (χ2n) is 34.5. The van der Waals surface area contributed by atoms with Gasteiger partial charge in [0.2, 0.25) is 106 Å². The molecule has 1 aromatic carbocycles. The number of nitrogens with zero attached hydrogens (tertiary/aromatic N) is 2. The SMILES string of the molecule is CC[C@H](C)[C@@H]1NC(=O)[C@@H](NC(=O)[C@H](CCC(=O)O)NC(=O)[C@@H]2CCCN2C(=O)[C@H](CC(N)=O)NC(=O)[C@H](CCC(=O)O)NC(C)=O)CSC#Cc2ccc(cc2)C(=O)NCCCC[C@@H](C(=O)N[C@@H](Cc2c[nH]cn2)C(=O)N[C@H](C(=O)N[C@@H](CCC(N)=O)C(=O)N[C@@H](CCCNC(=N)N)C(=O)N[C@H](C(=O)N[C@@H](CCSC)C(N)=O)C(C)C)C(C)C)NC(=O)[C@H](CC(=O)O)NC(=O)[C@H](CC(C)C)NC1=O. The number of benzene rings is 1. The van der Waals surface area contributed by atoms with Gasteiger partial charge in [-0.1, -0.05) is 79.5 Å². The lowest BCUT2D eigenvalue weighted by Gasteiger charge is -2.31. The van der Waals surface area contributed by atoms with Crippen LogP contribution >= 0.6 is 23.5 Å². The van der Waals surface area contributed by atoms with Gasteiger partial charge in [0.1, 0.15) is 90.6 Å². The Kier molecular flexibility index (Phi) is 50.1. The molecule has 2 aromatic rings. The molecule has 0 spiro atoms. The van der Waals surface area contributed by atoms with Crippen molar-refractivity contribution in [2.24, 2.45) is 46.6 Å². The van der Waals surface area contributed by atoms with Gasteiger partial charge in [-0.25, -0.2) is 4.98 Å². The molecular weight excluding hydrogens is 1850 g/mol. The third kappa shape index (κ3) is 41.5. The Hall–Kier alpha value is -13.7. The van der Waals surface area contributed by atoms with Crippen molar-refractivity contribution in [3.8, 4) is 11.2 Å². The van der Waals surface area contributed by atoms with E-state index in [0.29, 0.717) is 11.3 Å². The molecular formula is C87H132N24O25S2. The molecule has 1 saturated heterocycles. The molecule has 0 saturated carbocycles. The Morgan fingerprint density at radius 3 is 1.68 bits per heavy atom. The molecule has 51 heteroatoms. The summed E-state index contributed by atoms with van der Waals surface area (Å²) in [7, 11) is 0. The number of imidazole rings is 1. The number of primary amides is 3. The molecule has 1 fully saturated rings. The number of carbonyl (C=O) groups is 22. The van der Waals surface area contributed by atoms with Crippen LogP contribution in [-0.4, -0.2) is 294 Å². The number of nitrogens with two attached hydrogens (primary N) is 4. The van der Waals surface area contributed by atoms with Gasteiger partial charge in [-0.2, -0.15) is 11.8 Å². The van der Waals surface area contributed by atoms with Gasteiger partial charge in [0.05, 0.1) is 24.9 Å². The molecule has 49 nitrogen and oxygen atoms in total. The summed E-state index contributed by atoms with van der Waals surface area (Å²) in [4.78, 5) is 311. The van der Waals surface area contributed by atoms with Crippen molar-refractivity contribution in [1.82, 2.24) is 99.9 Å². The van der Waals surface area contributed by atoms with Crippen LogP contribution in [0.15, 0.2) is 36.8 Å². The van der Waals surface area contributed by atoms with Crippen molar-refractivity contribution in [3.05, 3.63) is 53.6 Å². The van der Waals surface area contributed by atoms with Gasteiger partial charge in [0, 0.05) is 75.3 Å². The van der Waals surface area contributed by atoms with Crippen LogP contribution in [0.1, 0.15) is 200 Å². The lowest BCUT2D eigenvalue weighted by Crippen LogP contribution is -2.62. The molecule has 0 radical (unpaired) electrons. The van der Waals surface area contributed by atoms with Crippen LogP contribution in [0.2, 0.25) is 0 Å². The van der Waals surface area contributed by atoms with Crippen molar-refractivity contribution >= 4 is 160 Å². The summed E-state index contributed by atoms with van der Waals surface area (Å²) in [5.41, 5.74) is 22.7. The second kappa shape index (κ2) is 59.3. The van der Waals surface area contributed by atoms with Crippen LogP contribution < -0.4 is 108 Å². The number of carboxylic acid groups (broad SMARTS) is 3. The Morgan fingerprint density at radius 1 is 0.587 bits per heavy atom. The summed E-state index contributed by atoms with van der Waals surface area (Å²) in [6.45, 7) is 13.5. The van der Waals surface area contributed by atoms with Crippen LogP contribution in [0.25, 0.3) is 0 Å². The summed E-state index contributed by atoms with van der Waals surface area (Å²) in [6.07, 6.45) is -1.88. The van der Waals surface area contributed by atoms with E-state index in [1.165, 1.54) is 62.4 Å². The molecule has 138 heavy (non-hydrogen) atoms. The topological polar surface area (TPSA) is 789 Å². The second-order valence-corrected chi connectivity index (χ2v) is 36.3. The first kappa shape index (κ1) is 117. The van der Waals surface area contributed by atoms with E-state index in [-0.39, 0.29) is 95.1 Å². The normalized spacial score (nSPS) is 19.0. The number of thioether (sulfide) groups is 2. The van der Waals surface area contributed by atoms with Gasteiger partial charge in [-0.3, -0.25) is 111 Å². The van der Waals surface area contributed by atoms with E-state index >= 15 is 4.79 Å². The summed E-state index contributed by atoms with van der Waals surface area (Å²) < 4.78 is 0. The van der Waals surface area contributed by atoms with Gasteiger partial charge in [-0.15, -0.1) is 0 Å². The lowest BCUT2D eigenvalue weighted by atomic mass is 9.96. The highest BCUT2D eigenvalue weighted by Crippen LogP contribution is 2.23. The first-order valence-corrected chi connectivity index (χ1v) is 47.5. The molecule has 4 heterocycles. The number of nitrogens with one attached hydrogen (secondary N) is 18. The molecule has 2 bridgehead atoms. The zero-order valence-corrected chi connectivity index (χ0v) is 80.4. The number of carbonyl (C=O) groups excluding carboxylic acids is 19. The fourth-order valence-corrected chi connectivity index (χ4v) is 15.5. The number of likely N-dealkylation sites (tertiary alicyclic amines) is 1. The summed E-state index contributed by atoms with van der Waals surface area (Å²) >= 11 is 2.15. The smallest absolute Gasteiger partial charge is 0.305 e. The van der Waals surface area contributed by atoms with Crippen molar-refractivity contribution in [2.75, 3.05) is 37.4 Å². The van der Waals surface area contributed by atoms with Gasteiger partial charge >= 0.3 is 17.9 Å². The maximum atomic E-state index is 15.1. The number of hydrogen-bond acceptors (Lipinski definition) is 26. The van der Waals surface area contributed by atoms with E-state index in [1.54, 1.807) is 47.8 Å². The average Bonchev–Trinajstić information content (AvgIpc) is 1.66. The average molecular weight is 1980 g/mol. The van der Waals surface area contributed by atoms with Gasteiger partial charge < -0.3 is 133 Å². The summed E-state index contributed by atoms with van der Waals surface area (Å²) in [5, 5.41) is 80.5. The Labute approximate surface area is 805 Å². The first-order valence-electron chi connectivity index (χ1n) is 45.1.